The minimum atomic E-state index is -3.04. The van der Waals surface area contributed by atoms with Gasteiger partial charge in [0.1, 0.15) is 0 Å². The van der Waals surface area contributed by atoms with Crippen LogP contribution >= 0.6 is 0 Å². The maximum atomic E-state index is 11.1. The first-order valence-electron chi connectivity index (χ1n) is 4.09. The fourth-order valence-electron chi connectivity index (χ4n) is 1.15. The van der Waals surface area contributed by atoms with Crippen molar-refractivity contribution in [1.82, 2.24) is 0 Å². The Kier molecular flexibility index (Phi) is 3.45. The van der Waals surface area contributed by atoms with Gasteiger partial charge >= 0.3 is 5.97 Å². The molecule has 0 aromatic carbocycles. The number of carbonyl (C=O) groups is 1. The summed E-state index contributed by atoms with van der Waals surface area (Å²) in [7, 11) is -3.04. The zero-order valence-corrected chi connectivity index (χ0v) is 8.29. The average molecular weight is 221 g/mol. The van der Waals surface area contributed by atoms with Gasteiger partial charge in [0.15, 0.2) is 9.84 Å². The number of nitrogens with zero attached hydrogens (tertiary/aromatic N) is 1. The van der Waals surface area contributed by atoms with E-state index < -0.39 is 22.4 Å². The number of aliphatic carboxylic acids is 1. The van der Waals surface area contributed by atoms with Crippen LogP contribution in [0, 0.1) is 0 Å². The van der Waals surface area contributed by atoms with Crippen molar-refractivity contribution in [2.75, 3.05) is 18.1 Å². The molecule has 0 atom stereocenters. The second-order valence-corrected chi connectivity index (χ2v) is 5.20. The molecule has 0 saturated carbocycles. The number of carboxylic acids is 1. The maximum Gasteiger partial charge on any atom is 0.344 e. The highest BCUT2D eigenvalue weighted by Gasteiger charge is 2.21. The summed E-state index contributed by atoms with van der Waals surface area (Å²) in [5, 5.41) is 11.7. The van der Waals surface area contributed by atoms with Gasteiger partial charge in [-0.1, -0.05) is 5.16 Å². The third kappa shape index (κ3) is 3.73. The summed E-state index contributed by atoms with van der Waals surface area (Å²) in [6.07, 6.45) is 1.08. The lowest BCUT2D eigenvalue weighted by Crippen LogP contribution is -2.25. The SMILES string of the molecule is O=C(O)CO/N=C1\CCCS(=O)(=O)C1. The second kappa shape index (κ2) is 4.41. The topological polar surface area (TPSA) is 93.0 Å². The molecule has 0 spiro atoms. The summed E-state index contributed by atoms with van der Waals surface area (Å²) in [4.78, 5) is 14.5. The summed E-state index contributed by atoms with van der Waals surface area (Å²) in [6.45, 7) is -0.538. The lowest BCUT2D eigenvalue weighted by atomic mass is 10.2. The quantitative estimate of drug-likeness (QED) is 0.657. The van der Waals surface area contributed by atoms with E-state index in [1.54, 1.807) is 0 Å². The third-order valence-corrected chi connectivity index (χ3v) is 3.37. The molecule has 1 aliphatic heterocycles. The van der Waals surface area contributed by atoms with Crippen molar-refractivity contribution in [1.29, 1.82) is 0 Å². The van der Waals surface area contributed by atoms with Gasteiger partial charge in [-0.25, -0.2) is 13.2 Å². The van der Waals surface area contributed by atoms with Crippen LogP contribution in [0.5, 0.6) is 0 Å². The first-order valence-corrected chi connectivity index (χ1v) is 5.92. The van der Waals surface area contributed by atoms with E-state index in [2.05, 4.69) is 9.99 Å². The number of rotatable bonds is 3. The average Bonchev–Trinajstić information content (AvgIpc) is 2.01. The lowest BCUT2D eigenvalue weighted by molar-refractivity contribution is -0.142. The molecule has 0 aliphatic carbocycles. The molecular weight excluding hydrogens is 210 g/mol. The van der Waals surface area contributed by atoms with E-state index in [1.165, 1.54) is 0 Å². The monoisotopic (exact) mass is 221 g/mol. The fourth-order valence-corrected chi connectivity index (χ4v) is 2.58. The first-order chi connectivity index (χ1) is 6.49. The van der Waals surface area contributed by atoms with Crippen molar-refractivity contribution < 1.29 is 23.2 Å². The third-order valence-electron chi connectivity index (χ3n) is 1.69. The number of oxime groups is 1. The van der Waals surface area contributed by atoms with E-state index in [4.69, 9.17) is 5.11 Å². The molecule has 1 N–H and O–H groups in total. The van der Waals surface area contributed by atoms with E-state index in [0.717, 1.165) is 0 Å². The Hall–Kier alpha value is -1.11. The lowest BCUT2D eigenvalue weighted by Gasteiger charge is -2.12. The van der Waals surface area contributed by atoms with Crippen molar-refractivity contribution in [3.05, 3.63) is 0 Å². The van der Waals surface area contributed by atoms with Gasteiger partial charge < -0.3 is 9.94 Å². The number of carboxylic acid groups (broad SMARTS) is 1. The Balaban J connectivity index is 2.48. The Morgan fingerprint density at radius 1 is 1.57 bits per heavy atom. The van der Waals surface area contributed by atoms with Crippen molar-refractivity contribution in [3.8, 4) is 0 Å². The van der Waals surface area contributed by atoms with Gasteiger partial charge in [-0.3, -0.25) is 0 Å². The van der Waals surface area contributed by atoms with Gasteiger partial charge in [0.2, 0.25) is 6.61 Å². The summed E-state index contributed by atoms with van der Waals surface area (Å²) < 4.78 is 22.2. The van der Waals surface area contributed by atoms with Gasteiger partial charge in [-0.05, 0) is 12.8 Å². The molecule has 6 nitrogen and oxygen atoms in total. The number of sulfone groups is 1. The van der Waals surface area contributed by atoms with Crippen LogP contribution in [0.25, 0.3) is 0 Å². The molecule has 0 radical (unpaired) electrons. The molecule has 0 amide bonds. The van der Waals surface area contributed by atoms with Crippen molar-refractivity contribution in [2.45, 2.75) is 12.8 Å². The standard InChI is InChI=1S/C7H11NO5S/c9-7(10)4-13-8-6-2-1-3-14(11,12)5-6/h1-5H2,(H,9,10)/b8-6+. The van der Waals surface area contributed by atoms with Crippen LogP contribution in [-0.2, 0) is 19.5 Å². The molecule has 14 heavy (non-hydrogen) atoms. The highest BCUT2D eigenvalue weighted by Crippen LogP contribution is 2.09. The molecule has 0 bridgehead atoms. The zero-order valence-electron chi connectivity index (χ0n) is 7.47. The first kappa shape index (κ1) is 11.0. The molecule has 1 heterocycles. The van der Waals surface area contributed by atoms with E-state index >= 15 is 0 Å². The Bertz CT molecular complexity index is 345. The van der Waals surface area contributed by atoms with Crippen molar-refractivity contribution in [3.63, 3.8) is 0 Å². The molecule has 0 aromatic heterocycles. The number of hydrogen-bond acceptors (Lipinski definition) is 5. The molecule has 1 saturated heterocycles. The van der Waals surface area contributed by atoms with Crippen molar-refractivity contribution >= 4 is 21.5 Å². The predicted octanol–water partition coefficient (Wildman–Crippen LogP) is -0.348. The van der Waals surface area contributed by atoms with E-state index in [-0.39, 0.29) is 11.5 Å². The van der Waals surface area contributed by atoms with Gasteiger partial charge in [-0.15, -0.1) is 0 Å². The molecule has 0 aromatic rings. The Morgan fingerprint density at radius 3 is 2.86 bits per heavy atom. The minimum absolute atomic E-state index is 0.118. The van der Waals surface area contributed by atoms with Crippen LogP contribution < -0.4 is 0 Å². The summed E-state index contributed by atoms with van der Waals surface area (Å²) in [5.74, 6) is -1.08. The van der Waals surface area contributed by atoms with Crippen molar-refractivity contribution in [2.24, 2.45) is 5.16 Å². The van der Waals surface area contributed by atoms with Gasteiger partial charge in [-0.2, -0.15) is 0 Å². The molecule has 7 heteroatoms. The molecule has 80 valence electrons. The molecule has 1 fully saturated rings. The van der Waals surface area contributed by atoms with E-state index in [1.807, 2.05) is 0 Å². The van der Waals surface area contributed by atoms with Crippen LogP contribution in [0.4, 0.5) is 0 Å². The highest BCUT2D eigenvalue weighted by molar-refractivity contribution is 7.92. The fraction of sp³-hybridized carbons (Fsp3) is 0.714. The normalized spacial score (nSPS) is 23.3. The highest BCUT2D eigenvalue weighted by atomic mass is 32.2. The summed E-state index contributed by atoms with van der Waals surface area (Å²) >= 11 is 0. The van der Waals surface area contributed by atoms with Gasteiger partial charge in [0.25, 0.3) is 0 Å². The molecule has 1 rings (SSSR count). The number of hydrogen-bond donors (Lipinski definition) is 1. The largest absolute Gasteiger partial charge is 0.479 e. The van der Waals surface area contributed by atoms with Crippen LogP contribution in [-0.4, -0.2) is 43.3 Å². The van der Waals surface area contributed by atoms with Crippen LogP contribution in [0.2, 0.25) is 0 Å². The smallest absolute Gasteiger partial charge is 0.344 e. The molecule has 0 unspecified atom stereocenters. The molecule has 1 aliphatic rings. The summed E-state index contributed by atoms with van der Waals surface area (Å²) in [5.41, 5.74) is 0.400. The van der Waals surface area contributed by atoms with Gasteiger partial charge in [0.05, 0.1) is 17.2 Å². The predicted molar refractivity (Wildman–Crippen MR) is 48.9 cm³/mol. The Labute approximate surface area is 81.5 Å². The van der Waals surface area contributed by atoms with Crippen LogP contribution in [0.1, 0.15) is 12.8 Å². The van der Waals surface area contributed by atoms with E-state index in [9.17, 15) is 13.2 Å². The zero-order chi connectivity index (χ0) is 10.6. The maximum absolute atomic E-state index is 11.1. The van der Waals surface area contributed by atoms with Crippen LogP contribution in [0.15, 0.2) is 5.16 Å². The molecular formula is C7H11NO5S. The Morgan fingerprint density at radius 2 is 2.29 bits per heavy atom. The summed E-state index contributed by atoms with van der Waals surface area (Å²) in [6, 6.07) is 0. The second-order valence-electron chi connectivity index (χ2n) is 3.02. The van der Waals surface area contributed by atoms with Gasteiger partial charge in [0, 0.05) is 0 Å². The van der Waals surface area contributed by atoms with E-state index in [0.29, 0.717) is 18.6 Å². The minimum Gasteiger partial charge on any atom is -0.479 e. The van der Waals surface area contributed by atoms with Crippen LogP contribution in [0.3, 0.4) is 0 Å².